The van der Waals surface area contributed by atoms with Crippen LogP contribution < -0.4 is 15.5 Å². The van der Waals surface area contributed by atoms with E-state index in [1.165, 1.54) is 11.8 Å². The number of ether oxygens (including phenoxy) is 1. The third-order valence-corrected chi connectivity index (χ3v) is 6.59. The molecule has 10 heteroatoms. The van der Waals surface area contributed by atoms with Gasteiger partial charge in [0.15, 0.2) is 0 Å². The number of benzene rings is 2. The van der Waals surface area contributed by atoms with Crippen molar-refractivity contribution < 1.29 is 9.53 Å². The Hall–Kier alpha value is -2.23. The molecule has 150 valence electrons. The van der Waals surface area contributed by atoms with Crippen LogP contribution in [-0.4, -0.2) is 33.1 Å². The Kier molecular flexibility index (Phi) is 5.71. The van der Waals surface area contributed by atoms with Crippen LogP contribution >= 0.6 is 39.3 Å². The van der Waals surface area contributed by atoms with Crippen molar-refractivity contribution in [3.8, 4) is 5.75 Å². The number of anilines is 1. The molecule has 0 fully saturated rings. The van der Waals surface area contributed by atoms with E-state index >= 15 is 0 Å². The fraction of sp³-hybridized carbons (Fsp3) is 0.211. The molecule has 2 heterocycles. The fourth-order valence-electron chi connectivity index (χ4n) is 3.03. The Morgan fingerprint density at radius 1 is 1.28 bits per heavy atom. The van der Waals surface area contributed by atoms with E-state index < -0.39 is 5.25 Å². The Labute approximate surface area is 185 Å². The number of carbonyl (C=O) groups excluding carboxylic acids is 1. The summed E-state index contributed by atoms with van der Waals surface area (Å²) in [5.74, 6) is 1.30. The zero-order chi connectivity index (χ0) is 20.5. The van der Waals surface area contributed by atoms with Crippen molar-refractivity contribution in [1.29, 1.82) is 0 Å². The number of thioether (sulfide) groups is 1. The van der Waals surface area contributed by atoms with Crippen LogP contribution in [0.2, 0.25) is 5.02 Å². The van der Waals surface area contributed by atoms with Crippen molar-refractivity contribution in [2.24, 2.45) is 0 Å². The summed E-state index contributed by atoms with van der Waals surface area (Å²) in [5, 5.41) is 12.0. The largest absolute Gasteiger partial charge is 0.496 e. The lowest BCUT2D eigenvalue weighted by Gasteiger charge is -2.33. The van der Waals surface area contributed by atoms with Crippen LogP contribution in [0.5, 0.6) is 5.75 Å². The minimum absolute atomic E-state index is 0.145. The highest BCUT2D eigenvalue weighted by atomic mass is 79.9. The van der Waals surface area contributed by atoms with Crippen molar-refractivity contribution in [3.63, 3.8) is 0 Å². The zero-order valence-electron chi connectivity index (χ0n) is 15.5. The molecule has 0 saturated heterocycles. The summed E-state index contributed by atoms with van der Waals surface area (Å²) in [7, 11) is 1.61. The first-order valence-electron chi connectivity index (χ1n) is 8.71. The lowest BCUT2D eigenvalue weighted by molar-refractivity contribution is -0.116. The number of amides is 1. The maximum atomic E-state index is 13.2. The number of halogens is 2. The standard InChI is InChI=1S/C19H17BrClN5O2S/c1-10-23-24-19-26(10)25-16(11-3-8-15(28-2)14(20)9-11)17(29-19)18(27)22-13-6-4-12(21)5-7-13/h3-9,16-17,25H,1-2H3,(H,22,27)/t16-,17-/m0/s1. The van der Waals surface area contributed by atoms with E-state index in [2.05, 4.69) is 36.9 Å². The molecule has 0 radical (unpaired) electrons. The number of nitrogens with zero attached hydrogens (tertiary/aromatic N) is 3. The van der Waals surface area contributed by atoms with Gasteiger partial charge in [-0.2, -0.15) is 0 Å². The van der Waals surface area contributed by atoms with Crippen LogP contribution in [0.25, 0.3) is 0 Å². The highest BCUT2D eigenvalue weighted by molar-refractivity contribution is 9.10. The molecule has 1 amide bonds. The molecular weight excluding hydrogens is 478 g/mol. The molecule has 29 heavy (non-hydrogen) atoms. The van der Waals surface area contributed by atoms with Crippen molar-refractivity contribution in [2.45, 2.75) is 23.4 Å². The fourth-order valence-corrected chi connectivity index (χ4v) is 4.84. The Bertz CT molecular complexity index is 1060. The number of nitrogens with one attached hydrogen (secondary N) is 2. The van der Waals surface area contributed by atoms with Gasteiger partial charge in [-0.1, -0.05) is 29.4 Å². The normalized spacial score (nSPS) is 17.9. The summed E-state index contributed by atoms with van der Waals surface area (Å²) in [6, 6.07) is 12.5. The third-order valence-electron chi connectivity index (χ3n) is 4.50. The second-order valence-electron chi connectivity index (χ2n) is 6.40. The number of fused-ring (bicyclic) bond motifs is 1. The predicted octanol–water partition coefficient (Wildman–Crippen LogP) is 4.41. The van der Waals surface area contributed by atoms with Crippen LogP contribution in [0, 0.1) is 6.92 Å². The average Bonchev–Trinajstić information content (AvgIpc) is 3.08. The molecule has 0 spiro atoms. The summed E-state index contributed by atoms with van der Waals surface area (Å²) in [6.07, 6.45) is 0. The number of methoxy groups -OCH3 is 1. The summed E-state index contributed by atoms with van der Waals surface area (Å²) in [4.78, 5) is 13.2. The number of aromatic nitrogens is 3. The van der Waals surface area contributed by atoms with Gasteiger partial charge in [0.2, 0.25) is 11.1 Å². The summed E-state index contributed by atoms with van der Waals surface area (Å²) in [6.45, 7) is 1.86. The van der Waals surface area contributed by atoms with Crippen molar-refractivity contribution in [1.82, 2.24) is 14.9 Å². The first-order valence-corrected chi connectivity index (χ1v) is 10.8. The topological polar surface area (TPSA) is 81.1 Å². The van der Waals surface area contributed by atoms with Crippen molar-refractivity contribution >= 4 is 50.9 Å². The first-order chi connectivity index (χ1) is 14.0. The van der Waals surface area contributed by atoms with Crippen molar-refractivity contribution in [3.05, 3.63) is 63.3 Å². The van der Waals surface area contributed by atoms with Gasteiger partial charge in [-0.05, 0) is 64.8 Å². The molecule has 0 saturated carbocycles. The zero-order valence-corrected chi connectivity index (χ0v) is 18.7. The number of aryl methyl sites for hydroxylation is 1. The maximum Gasteiger partial charge on any atom is 0.240 e. The highest BCUT2D eigenvalue weighted by Gasteiger charge is 2.37. The summed E-state index contributed by atoms with van der Waals surface area (Å²) in [5.41, 5.74) is 4.99. The molecule has 1 aliphatic rings. The lowest BCUT2D eigenvalue weighted by atomic mass is 10.0. The molecule has 0 unspecified atom stereocenters. The molecular formula is C19H17BrClN5O2S. The van der Waals surface area contributed by atoms with Crippen molar-refractivity contribution in [2.75, 3.05) is 17.9 Å². The number of hydrogen-bond acceptors (Lipinski definition) is 6. The molecule has 2 aromatic carbocycles. The van der Waals surface area contributed by atoms with Gasteiger partial charge in [-0.25, -0.2) is 4.68 Å². The highest BCUT2D eigenvalue weighted by Crippen LogP contribution is 2.39. The minimum Gasteiger partial charge on any atom is -0.496 e. The Morgan fingerprint density at radius 3 is 2.72 bits per heavy atom. The van der Waals surface area contributed by atoms with Gasteiger partial charge in [0.1, 0.15) is 16.8 Å². The number of carbonyl (C=O) groups is 1. The van der Waals surface area contributed by atoms with Gasteiger partial charge >= 0.3 is 0 Å². The van der Waals surface area contributed by atoms with E-state index in [4.69, 9.17) is 16.3 Å². The van der Waals surface area contributed by atoms with E-state index in [0.29, 0.717) is 15.9 Å². The summed E-state index contributed by atoms with van der Waals surface area (Å²) < 4.78 is 7.94. The van der Waals surface area contributed by atoms with E-state index in [1.54, 1.807) is 36.1 Å². The molecule has 2 atom stereocenters. The molecule has 0 bridgehead atoms. The van der Waals surface area contributed by atoms with E-state index in [1.807, 2.05) is 25.1 Å². The van der Waals surface area contributed by atoms with Gasteiger partial charge in [-0.15, -0.1) is 10.2 Å². The van der Waals surface area contributed by atoms with Crippen LogP contribution in [-0.2, 0) is 4.79 Å². The molecule has 1 aromatic heterocycles. The van der Waals surface area contributed by atoms with E-state index in [9.17, 15) is 4.79 Å². The molecule has 4 rings (SSSR count). The van der Waals surface area contributed by atoms with Crippen LogP contribution in [0.3, 0.4) is 0 Å². The Balaban J connectivity index is 1.67. The summed E-state index contributed by atoms with van der Waals surface area (Å²) >= 11 is 10.8. The molecule has 2 N–H and O–H groups in total. The van der Waals surface area contributed by atoms with Gasteiger partial charge in [0, 0.05) is 10.7 Å². The van der Waals surface area contributed by atoms with Crippen LogP contribution in [0.15, 0.2) is 52.1 Å². The van der Waals surface area contributed by atoms with Gasteiger partial charge in [0.05, 0.1) is 17.6 Å². The molecule has 7 nitrogen and oxygen atoms in total. The monoisotopic (exact) mass is 493 g/mol. The number of rotatable bonds is 4. The predicted molar refractivity (Wildman–Crippen MR) is 117 cm³/mol. The van der Waals surface area contributed by atoms with Crippen LogP contribution in [0.1, 0.15) is 17.4 Å². The number of hydrogen-bond donors (Lipinski definition) is 2. The SMILES string of the molecule is COc1ccc([C@@H]2Nn3c(C)nnc3S[C@@H]2C(=O)Nc2ccc(Cl)cc2)cc1Br. The van der Waals surface area contributed by atoms with E-state index in [0.717, 1.165) is 21.6 Å². The van der Waals surface area contributed by atoms with Gasteiger partial charge in [-0.3, -0.25) is 4.79 Å². The average molecular weight is 495 g/mol. The minimum atomic E-state index is -0.470. The Morgan fingerprint density at radius 2 is 2.03 bits per heavy atom. The smallest absolute Gasteiger partial charge is 0.240 e. The molecule has 3 aromatic rings. The first kappa shape index (κ1) is 20.1. The van der Waals surface area contributed by atoms with Gasteiger partial charge < -0.3 is 15.5 Å². The van der Waals surface area contributed by atoms with E-state index in [-0.39, 0.29) is 11.9 Å². The second kappa shape index (κ2) is 8.25. The lowest BCUT2D eigenvalue weighted by Crippen LogP contribution is -2.41. The molecule has 1 aliphatic heterocycles. The quantitative estimate of drug-likeness (QED) is 0.559. The van der Waals surface area contributed by atoms with Crippen LogP contribution in [0.4, 0.5) is 5.69 Å². The third kappa shape index (κ3) is 4.08. The maximum absolute atomic E-state index is 13.2. The van der Waals surface area contributed by atoms with Gasteiger partial charge in [0.25, 0.3) is 0 Å². The second-order valence-corrected chi connectivity index (χ2v) is 8.80. The molecule has 0 aliphatic carbocycles.